The predicted octanol–water partition coefficient (Wildman–Crippen LogP) is 5.31. The molecule has 0 aliphatic heterocycles. The minimum Gasteiger partial charge on any atom is -0.493 e. The summed E-state index contributed by atoms with van der Waals surface area (Å²) < 4.78 is 11.2. The number of aliphatic hydroxyl groups excluding tert-OH is 2. The number of rotatable bonds is 10. The van der Waals surface area contributed by atoms with E-state index in [2.05, 4.69) is 13.8 Å². The molecule has 2 aromatic rings. The molecule has 160 valence electrons. The fraction of sp³-hybridized carbons (Fsp3) is 0.455. The van der Waals surface area contributed by atoms with Crippen molar-refractivity contribution in [2.45, 2.75) is 32.3 Å². The van der Waals surface area contributed by atoms with Gasteiger partial charge in [-0.25, -0.2) is 0 Å². The molecule has 2 N–H and O–H groups in total. The molecule has 0 aliphatic carbocycles. The Morgan fingerprint density at radius 1 is 0.966 bits per heavy atom. The number of halogens is 3. The summed E-state index contributed by atoms with van der Waals surface area (Å²) in [5, 5.41) is 19.1. The van der Waals surface area contributed by atoms with Crippen LogP contribution in [0, 0.1) is 5.92 Å². The number of hydrogen-bond donors (Lipinski definition) is 2. The van der Waals surface area contributed by atoms with Crippen LogP contribution in [0.2, 0.25) is 10.0 Å². The van der Waals surface area contributed by atoms with E-state index in [9.17, 15) is 5.11 Å². The molecule has 0 bridgehead atoms. The molecule has 0 saturated heterocycles. The highest BCUT2D eigenvalue weighted by Gasteiger charge is 2.26. The highest BCUT2D eigenvalue weighted by atomic mass is 35.5. The standard InChI is InChI=1S/C22H27Cl3O4/c1-14(10-23)12-28-18-6-4-15(5-7-18)22(2,3)16-8-19(24)21(20(25)9-16)29-13-17(27)11-26/h4-9,14,17,26-27H,10-13H2,1-3H3/t14-,17-/m1/s1. The minimum atomic E-state index is -0.994. The third kappa shape index (κ3) is 6.40. The number of aliphatic hydroxyl groups is 2. The molecule has 0 unspecified atom stereocenters. The van der Waals surface area contributed by atoms with Crippen molar-refractivity contribution in [3.05, 3.63) is 57.6 Å². The maximum atomic E-state index is 9.46. The van der Waals surface area contributed by atoms with Crippen LogP contribution in [-0.4, -0.2) is 42.0 Å². The fourth-order valence-corrected chi connectivity index (χ4v) is 3.39. The molecular weight excluding hydrogens is 435 g/mol. The van der Waals surface area contributed by atoms with Crippen LogP contribution in [0.4, 0.5) is 0 Å². The maximum Gasteiger partial charge on any atom is 0.156 e. The topological polar surface area (TPSA) is 58.9 Å². The fourth-order valence-electron chi connectivity index (χ4n) is 2.71. The van der Waals surface area contributed by atoms with E-state index in [0.29, 0.717) is 22.5 Å². The summed E-state index contributed by atoms with van der Waals surface area (Å²) in [6.07, 6.45) is -0.994. The molecule has 2 rings (SSSR count). The van der Waals surface area contributed by atoms with E-state index in [1.807, 2.05) is 31.2 Å². The summed E-state index contributed by atoms with van der Waals surface area (Å²) in [6.45, 7) is 6.28. The smallest absolute Gasteiger partial charge is 0.156 e. The van der Waals surface area contributed by atoms with Crippen molar-refractivity contribution in [3.63, 3.8) is 0 Å². The summed E-state index contributed by atoms with van der Waals surface area (Å²) >= 11 is 18.6. The zero-order valence-corrected chi connectivity index (χ0v) is 19.1. The van der Waals surface area contributed by atoms with E-state index < -0.39 is 12.7 Å². The summed E-state index contributed by atoms with van der Waals surface area (Å²) in [5.74, 6) is 1.93. The summed E-state index contributed by atoms with van der Waals surface area (Å²) in [4.78, 5) is 0. The highest BCUT2D eigenvalue weighted by Crippen LogP contribution is 2.40. The van der Waals surface area contributed by atoms with Crippen molar-refractivity contribution in [2.24, 2.45) is 5.92 Å². The van der Waals surface area contributed by atoms with E-state index in [-0.39, 0.29) is 23.7 Å². The van der Waals surface area contributed by atoms with Crippen molar-refractivity contribution < 1.29 is 19.7 Å². The average Bonchev–Trinajstić information content (AvgIpc) is 2.71. The lowest BCUT2D eigenvalue weighted by Gasteiger charge is -2.27. The van der Waals surface area contributed by atoms with E-state index in [4.69, 9.17) is 49.4 Å². The Hall–Kier alpha value is -1.17. The number of hydrogen-bond acceptors (Lipinski definition) is 4. The van der Waals surface area contributed by atoms with Gasteiger partial charge in [0.15, 0.2) is 5.75 Å². The predicted molar refractivity (Wildman–Crippen MR) is 119 cm³/mol. The van der Waals surface area contributed by atoms with Crippen LogP contribution in [0.3, 0.4) is 0 Å². The maximum absolute atomic E-state index is 9.46. The summed E-state index contributed by atoms with van der Waals surface area (Å²) in [6, 6.07) is 11.5. The Morgan fingerprint density at radius 3 is 2.07 bits per heavy atom. The second kappa shape index (κ2) is 10.7. The average molecular weight is 462 g/mol. The van der Waals surface area contributed by atoms with Crippen molar-refractivity contribution in [3.8, 4) is 11.5 Å². The van der Waals surface area contributed by atoms with Crippen LogP contribution in [0.15, 0.2) is 36.4 Å². The van der Waals surface area contributed by atoms with Crippen LogP contribution in [-0.2, 0) is 5.41 Å². The van der Waals surface area contributed by atoms with Gasteiger partial charge in [0, 0.05) is 17.2 Å². The third-order valence-corrected chi connectivity index (χ3v) is 5.81. The summed E-state index contributed by atoms with van der Waals surface area (Å²) in [7, 11) is 0. The Kier molecular flexibility index (Phi) is 8.92. The van der Waals surface area contributed by atoms with E-state index in [0.717, 1.165) is 16.9 Å². The van der Waals surface area contributed by atoms with E-state index in [1.165, 1.54) is 0 Å². The first-order valence-corrected chi connectivity index (χ1v) is 10.7. The largest absolute Gasteiger partial charge is 0.493 e. The Morgan fingerprint density at radius 2 is 1.55 bits per heavy atom. The molecule has 0 aliphatic rings. The van der Waals surface area contributed by atoms with Crippen LogP contribution in [0.1, 0.15) is 31.9 Å². The van der Waals surface area contributed by atoms with Crippen molar-refractivity contribution >= 4 is 34.8 Å². The van der Waals surface area contributed by atoms with Gasteiger partial charge in [-0.2, -0.15) is 0 Å². The Balaban J connectivity index is 2.19. The molecular formula is C22H27Cl3O4. The van der Waals surface area contributed by atoms with Gasteiger partial charge in [0.05, 0.1) is 23.3 Å². The van der Waals surface area contributed by atoms with Crippen LogP contribution in [0.5, 0.6) is 11.5 Å². The quantitative estimate of drug-likeness (QED) is 0.471. The van der Waals surface area contributed by atoms with Gasteiger partial charge < -0.3 is 19.7 Å². The second-order valence-corrected chi connectivity index (χ2v) is 8.76. The van der Waals surface area contributed by atoms with Crippen LogP contribution in [0.25, 0.3) is 0 Å². The van der Waals surface area contributed by atoms with Crippen LogP contribution >= 0.6 is 34.8 Å². The molecule has 7 heteroatoms. The molecule has 0 saturated carbocycles. The zero-order valence-electron chi connectivity index (χ0n) is 16.8. The molecule has 0 fully saturated rings. The minimum absolute atomic E-state index is 0.0948. The van der Waals surface area contributed by atoms with Crippen molar-refractivity contribution in [1.29, 1.82) is 0 Å². The normalized spacial score (nSPS) is 13.8. The van der Waals surface area contributed by atoms with Crippen LogP contribution < -0.4 is 9.47 Å². The number of benzene rings is 2. The summed E-state index contributed by atoms with van der Waals surface area (Å²) in [5.41, 5.74) is 1.64. The van der Waals surface area contributed by atoms with E-state index >= 15 is 0 Å². The number of alkyl halides is 1. The van der Waals surface area contributed by atoms with Gasteiger partial charge in [-0.1, -0.05) is 56.1 Å². The molecule has 0 heterocycles. The van der Waals surface area contributed by atoms with Gasteiger partial charge in [-0.05, 0) is 35.4 Å². The highest BCUT2D eigenvalue weighted by molar-refractivity contribution is 6.37. The zero-order chi connectivity index (χ0) is 21.6. The Labute approximate surface area is 187 Å². The molecule has 0 amide bonds. The lowest BCUT2D eigenvalue weighted by molar-refractivity contribution is 0.0536. The second-order valence-electron chi connectivity index (χ2n) is 7.64. The van der Waals surface area contributed by atoms with Crippen molar-refractivity contribution in [2.75, 3.05) is 25.7 Å². The molecule has 0 spiro atoms. The molecule has 29 heavy (non-hydrogen) atoms. The molecule has 2 atom stereocenters. The third-order valence-electron chi connectivity index (χ3n) is 4.72. The first-order chi connectivity index (χ1) is 13.7. The van der Waals surface area contributed by atoms with E-state index in [1.54, 1.807) is 12.1 Å². The van der Waals surface area contributed by atoms with Gasteiger partial charge in [0.25, 0.3) is 0 Å². The van der Waals surface area contributed by atoms with Crippen molar-refractivity contribution in [1.82, 2.24) is 0 Å². The molecule has 0 radical (unpaired) electrons. The molecule has 4 nitrogen and oxygen atoms in total. The molecule has 0 aromatic heterocycles. The first-order valence-electron chi connectivity index (χ1n) is 9.39. The molecule has 2 aromatic carbocycles. The first kappa shape index (κ1) is 24.1. The van der Waals surface area contributed by atoms with Gasteiger partial charge in [-0.15, -0.1) is 11.6 Å². The van der Waals surface area contributed by atoms with Gasteiger partial charge >= 0.3 is 0 Å². The lowest BCUT2D eigenvalue weighted by atomic mass is 9.78. The number of ether oxygens (including phenoxy) is 2. The SMILES string of the molecule is C[C@H](CCl)COc1ccc(C(C)(C)c2cc(Cl)c(OC[C@H](O)CO)c(Cl)c2)cc1. The van der Waals surface area contributed by atoms with Gasteiger partial charge in [0.2, 0.25) is 0 Å². The van der Waals surface area contributed by atoms with Gasteiger partial charge in [-0.3, -0.25) is 0 Å². The monoisotopic (exact) mass is 460 g/mol. The Bertz CT molecular complexity index is 770. The van der Waals surface area contributed by atoms with Gasteiger partial charge in [0.1, 0.15) is 18.5 Å². The lowest BCUT2D eigenvalue weighted by Crippen LogP contribution is -2.22.